The molecule has 1 amide bonds. The van der Waals surface area contributed by atoms with Gasteiger partial charge in [0.05, 0.1) is 0 Å². The van der Waals surface area contributed by atoms with Crippen LogP contribution in [0.15, 0.2) is 18.3 Å². The van der Waals surface area contributed by atoms with E-state index in [0.717, 1.165) is 25.8 Å². The maximum atomic E-state index is 12.3. The SMILES string of the molecule is CCC1CCCCN1C(=O)c1ncccc1O. The van der Waals surface area contributed by atoms with Crippen LogP contribution in [0.5, 0.6) is 5.75 Å². The van der Waals surface area contributed by atoms with Crippen molar-refractivity contribution in [2.75, 3.05) is 6.54 Å². The molecule has 4 nitrogen and oxygen atoms in total. The zero-order valence-electron chi connectivity index (χ0n) is 10.1. The van der Waals surface area contributed by atoms with Crippen molar-refractivity contribution in [1.82, 2.24) is 9.88 Å². The number of likely N-dealkylation sites (tertiary alicyclic amines) is 1. The summed E-state index contributed by atoms with van der Waals surface area (Å²) in [6.45, 7) is 2.86. The van der Waals surface area contributed by atoms with Gasteiger partial charge in [0.15, 0.2) is 5.69 Å². The Morgan fingerprint density at radius 1 is 1.59 bits per heavy atom. The lowest BCUT2D eigenvalue weighted by Crippen LogP contribution is -2.43. The Morgan fingerprint density at radius 3 is 3.12 bits per heavy atom. The number of piperidine rings is 1. The topological polar surface area (TPSA) is 53.4 Å². The number of aromatic hydroxyl groups is 1. The Balaban J connectivity index is 2.21. The van der Waals surface area contributed by atoms with Gasteiger partial charge >= 0.3 is 0 Å². The number of nitrogens with zero attached hydrogens (tertiary/aromatic N) is 2. The van der Waals surface area contributed by atoms with Crippen molar-refractivity contribution in [3.05, 3.63) is 24.0 Å². The van der Waals surface area contributed by atoms with E-state index in [-0.39, 0.29) is 23.4 Å². The minimum atomic E-state index is -0.144. The number of hydrogen-bond donors (Lipinski definition) is 1. The van der Waals surface area contributed by atoms with E-state index in [1.807, 2.05) is 4.90 Å². The van der Waals surface area contributed by atoms with E-state index in [2.05, 4.69) is 11.9 Å². The molecule has 2 rings (SSSR count). The van der Waals surface area contributed by atoms with Crippen LogP contribution in [-0.2, 0) is 0 Å². The maximum absolute atomic E-state index is 12.3. The van der Waals surface area contributed by atoms with Crippen molar-refractivity contribution < 1.29 is 9.90 Å². The van der Waals surface area contributed by atoms with E-state index in [0.29, 0.717) is 0 Å². The fraction of sp³-hybridized carbons (Fsp3) is 0.538. The summed E-state index contributed by atoms with van der Waals surface area (Å²) in [4.78, 5) is 18.1. The summed E-state index contributed by atoms with van der Waals surface area (Å²) in [7, 11) is 0. The largest absolute Gasteiger partial charge is 0.505 e. The van der Waals surface area contributed by atoms with Gasteiger partial charge in [0.2, 0.25) is 0 Å². The molecule has 1 N–H and O–H groups in total. The van der Waals surface area contributed by atoms with Crippen LogP contribution in [0, 0.1) is 0 Å². The predicted octanol–water partition coefficient (Wildman–Crippen LogP) is 2.19. The van der Waals surface area contributed by atoms with Crippen LogP contribution >= 0.6 is 0 Å². The fourth-order valence-corrected chi connectivity index (χ4v) is 2.39. The molecule has 1 aromatic rings. The molecule has 4 heteroatoms. The van der Waals surface area contributed by atoms with Crippen LogP contribution in [0.2, 0.25) is 0 Å². The van der Waals surface area contributed by atoms with Crippen molar-refractivity contribution in [2.45, 2.75) is 38.6 Å². The molecule has 2 heterocycles. The van der Waals surface area contributed by atoms with Gasteiger partial charge in [-0.2, -0.15) is 0 Å². The summed E-state index contributed by atoms with van der Waals surface area (Å²) in [5.74, 6) is -0.174. The van der Waals surface area contributed by atoms with Gasteiger partial charge in [0.1, 0.15) is 5.75 Å². The van der Waals surface area contributed by atoms with Gasteiger partial charge in [-0.05, 0) is 37.8 Å². The highest BCUT2D eigenvalue weighted by atomic mass is 16.3. The normalized spacial score (nSPS) is 20.3. The monoisotopic (exact) mass is 234 g/mol. The van der Waals surface area contributed by atoms with Crippen molar-refractivity contribution >= 4 is 5.91 Å². The number of aromatic nitrogens is 1. The second kappa shape index (κ2) is 5.17. The third kappa shape index (κ3) is 2.40. The fourth-order valence-electron chi connectivity index (χ4n) is 2.39. The van der Waals surface area contributed by atoms with Gasteiger partial charge in [0, 0.05) is 18.8 Å². The molecule has 1 saturated heterocycles. The zero-order valence-corrected chi connectivity index (χ0v) is 10.1. The second-order valence-corrected chi connectivity index (χ2v) is 4.43. The minimum Gasteiger partial charge on any atom is -0.505 e. The molecule has 1 fully saturated rings. The zero-order chi connectivity index (χ0) is 12.3. The molecule has 1 unspecified atom stereocenters. The lowest BCUT2D eigenvalue weighted by Gasteiger charge is -2.35. The van der Waals surface area contributed by atoms with Gasteiger partial charge < -0.3 is 10.0 Å². The molecule has 0 aliphatic carbocycles. The lowest BCUT2D eigenvalue weighted by molar-refractivity contribution is 0.0598. The number of carbonyl (C=O) groups excluding carboxylic acids is 1. The van der Waals surface area contributed by atoms with Crippen molar-refractivity contribution in [2.24, 2.45) is 0 Å². The van der Waals surface area contributed by atoms with Crippen molar-refractivity contribution in [3.63, 3.8) is 0 Å². The van der Waals surface area contributed by atoms with E-state index in [1.165, 1.54) is 18.7 Å². The molecule has 1 atom stereocenters. The Morgan fingerprint density at radius 2 is 2.41 bits per heavy atom. The van der Waals surface area contributed by atoms with Gasteiger partial charge in [-0.15, -0.1) is 0 Å². The van der Waals surface area contributed by atoms with Crippen LogP contribution in [-0.4, -0.2) is 33.5 Å². The molecule has 1 aliphatic heterocycles. The highest BCUT2D eigenvalue weighted by Gasteiger charge is 2.28. The molecule has 0 radical (unpaired) electrons. The van der Waals surface area contributed by atoms with Gasteiger partial charge in [-0.25, -0.2) is 4.98 Å². The Bertz CT molecular complexity index is 406. The molecule has 0 bridgehead atoms. The first-order valence-electron chi connectivity index (χ1n) is 6.19. The Kier molecular flexibility index (Phi) is 3.61. The van der Waals surface area contributed by atoms with E-state index in [9.17, 15) is 9.90 Å². The van der Waals surface area contributed by atoms with E-state index >= 15 is 0 Å². The summed E-state index contributed by atoms with van der Waals surface area (Å²) in [5.41, 5.74) is 0.174. The van der Waals surface area contributed by atoms with E-state index < -0.39 is 0 Å². The first kappa shape index (κ1) is 11.9. The Hall–Kier alpha value is -1.58. The minimum absolute atomic E-state index is 0.0297. The maximum Gasteiger partial charge on any atom is 0.276 e. The Labute approximate surface area is 101 Å². The van der Waals surface area contributed by atoms with Crippen LogP contribution in [0.1, 0.15) is 43.1 Å². The molecule has 17 heavy (non-hydrogen) atoms. The molecule has 0 aromatic carbocycles. The number of amides is 1. The van der Waals surface area contributed by atoms with E-state index in [1.54, 1.807) is 6.07 Å². The van der Waals surface area contributed by atoms with E-state index in [4.69, 9.17) is 0 Å². The molecule has 0 saturated carbocycles. The smallest absolute Gasteiger partial charge is 0.276 e. The average molecular weight is 234 g/mol. The number of pyridine rings is 1. The summed E-state index contributed by atoms with van der Waals surface area (Å²) in [6.07, 6.45) is 5.76. The van der Waals surface area contributed by atoms with Gasteiger partial charge in [-0.1, -0.05) is 6.92 Å². The molecule has 92 valence electrons. The molecule has 1 aliphatic rings. The third-order valence-corrected chi connectivity index (χ3v) is 3.35. The predicted molar refractivity (Wildman–Crippen MR) is 64.9 cm³/mol. The highest BCUT2D eigenvalue weighted by molar-refractivity contribution is 5.95. The first-order chi connectivity index (χ1) is 8.24. The molecular formula is C13H18N2O2. The lowest BCUT2D eigenvalue weighted by atomic mass is 9.99. The molecule has 0 spiro atoms. The van der Waals surface area contributed by atoms with Crippen LogP contribution in [0.25, 0.3) is 0 Å². The van der Waals surface area contributed by atoms with Crippen LogP contribution < -0.4 is 0 Å². The first-order valence-corrected chi connectivity index (χ1v) is 6.19. The van der Waals surface area contributed by atoms with Crippen LogP contribution in [0.4, 0.5) is 0 Å². The average Bonchev–Trinajstić information content (AvgIpc) is 2.38. The quantitative estimate of drug-likeness (QED) is 0.853. The number of carbonyl (C=O) groups is 1. The van der Waals surface area contributed by atoms with Crippen molar-refractivity contribution in [1.29, 1.82) is 0 Å². The van der Waals surface area contributed by atoms with Gasteiger partial charge in [0.25, 0.3) is 5.91 Å². The second-order valence-electron chi connectivity index (χ2n) is 4.43. The van der Waals surface area contributed by atoms with Crippen LogP contribution in [0.3, 0.4) is 0 Å². The standard InChI is InChI=1S/C13H18N2O2/c1-2-10-6-3-4-9-15(10)13(17)12-11(16)7-5-8-14-12/h5,7-8,10,16H,2-4,6,9H2,1H3. The summed E-state index contributed by atoms with van der Waals surface area (Å²) in [6, 6.07) is 3.42. The molecular weight excluding hydrogens is 216 g/mol. The highest BCUT2D eigenvalue weighted by Crippen LogP contribution is 2.23. The number of hydrogen-bond acceptors (Lipinski definition) is 3. The van der Waals surface area contributed by atoms with Crippen molar-refractivity contribution in [3.8, 4) is 5.75 Å². The van der Waals surface area contributed by atoms with Gasteiger partial charge in [-0.3, -0.25) is 4.79 Å². The summed E-state index contributed by atoms with van der Waals surface area (Å²) < 4.78 is 0. The number of rotatable bonds is 2. The summed E-state index contributed by atoms with van der Waals surface area (Å²) in [5, 5.41) is 9.66. The summed E-state index contributed by atoms with van der Waals surface area (Å²) >= 11 is 0. The molecule has 1 aromatic heterocycles. The third-order valence-electron chi connectivity index (χ3n) is 3.35.